The van der Waals surface area contributed by atoms with E-state index in [0.29, 0.717) is 4.90 Å². The number of nitro groups is 1. The van der Waals surface area contributed by atoms with E-state index in [2.05, 4.69) is 0 Å². The second kappa shape index (κ2) is 3.64. The Morgan fingerprint density at radius 3 is 2.67 bits per heavy atom. The Morgan fingerprint density at radius 1 is 1.58 bits per heavy atom. The van der Waals surface area contributed by atoms with Crippen LogP contribution in [0.25, 0.3) is 0 Å². The van der Waals surface area contributed by atoms with Gasteiger partial charge in [-0.1, -0.05) is 0 Å². The molecule has 4 nitrogen and oxygen atoms in total. The molecule has 1 aromatic carbocycles. The molecule has 1 N–H and O–H groups in total. The lowest BCUT2D eigenvalue weighted by Crippen LogP contribution is -1.87. The number of nitro benzene ring substituents is 1. The number of aromatic hydroxyl groups is 1. The highest BCUT2D eigenvalue weighted by molar-refractivity contribution is 8.21. The van der Waals surface area contributed by atoms with Crippen molar-refractivity contribution >= 4 is 27.3 Å². The van der Waals surface area contributed by atoms with Gasteiger partial charge in [0, 0.05) is 17.0 Å². The van der Waals surface area contributed by atoms with Crippen molar-refractivity contribution in [2.45, 2.75) is 4.90 Å². The highest BCUT2D eigenvalue weighted by Gasteiger charge is 2.12. The van der Waals surface area contributed by atoms with Gasteiger partial charge in [-0.15, -0.1) is 0 Å². The lowest BCUT2D eigenvalue weighted by atomic mass is 10.3. The van der Waals surface area contributed by atoms with E-state index >= 15 is 0 Å². The van der Waals surface area contributed by atoms with Gasteiger partial charge >= 0.3 is 5.69 Å². The summed E-state index contributed by atoms with van der Waals surface area (Å²) >= 11 is 0. The van der Waals surface area contributed by atoms with Crippen LogP contribution in [0.15, 0.2) is 23.1 Å². The van der Waals surface area contributed by atoms with Gasteiger partial charge in [-0.05, 0) is 27.7 Å². The molecule has 1 aromatic rings. The van der Waals surface area contributed by atoms with Crippen molar-refractivity contribution < 1.29 is 10.0 Å². The molecule has 0 atom stereocenters. The Kier molecular flexibility index (Phi) is 2.78. The average Bonchev–Trinajstić information content (AvgIpc) is 2.03. The third kappa shape index (κ3) is 1.80. The van der Waals surface area contributed by atoms with Crippen molar-refractivity contribution in [3.8, 4) is 5.75 Å². The van der Waals surface area contributed by atoms with Crippen molar-refractivity contribution in [3.05, 3.63) is 28.3 Å². The van der Waals surface area contributed by atoms with E-state index in [1.807, 2.05) is 0 Å². The molecular weight excluding hydrogens is 202 g/mol. The SMILES string of the molecule is O=[N+]([O-])c1ccc(SCl)cc1O. The molecular formula is C6H4ClNO3S. The number of phenolic OH excluding ortho intramolecular Hbond substituents is 1. The molecule has 12 heavy (non-hydrogen) atoms. The van der Waals surface area contributed by atoms with Crippen molar-refractivity contribution in [2.75, 3.05) is 0 Å². The molecule has 0 radical (unpaired) electrons. The molecule has 0 saturated carbocycles. The Morgan fingerprint density at radius 2 is 2.25 bits per heavy atom. The monoisotopic (exact) mass is 205 g/mol. The molecule has 0 aliphatic rings. The van der Waals surface area contributed by atoms with E-state index in [-0.39, 0.29) is 11.4 Å². The predicted molar refractivity (Wildman–Crippen MR) is 46.5 cm³/mol. The maximum atomic E-state index is 10.2. The quantitative estimate of drug-likeness (QED) is 0.595. The summed E-state index contributed by atoms with van der Waals surface area (Å²) in [5.74, 6) is -0.370. The third-order valence-corrected chi connectivity index (χ3v) is 2.20. The summed E-state index contributed by atoms with van der Waals surface area (Å²) in [7, 11) is 6.26. The van der Waals surface area contributed by atoms with Crippen molar-refractivity contribution in [3.63, 3.8) is 0 Å². The van der Waals surface area contributed by atoms with Gasteiger partial charge in [0.25, 0.3) is 0 Å². The maximum Gasteiger partial charge on any atom is 0.310 e. The number of nitrogens with zero attached hydrogens (tertiary/aromatic N) is 1. The van der Waals surface area contributed by atoms with Crippen LogP contribution in [0.5, 0.6) is 5.75 Å². The number of phenols is 1. The number of halogens is 1. The fourth-order valence-electron chi connectivity index (χ4n) is 0.706. The van der Waals surface area contributed by atoms with Gasteiger partial charge in [0.2, 0.25) is 0 Å². The summed E-state index contributed by atoms with van der Waals surface area (Å²) in [5.41, 5.74) is -0.315. The van der Waals surface area contributed by atoms with E-state index in [1.54, 1.807) is 0 Å². The number of benzene rings is 1. The summed E-state index contributed by atoms with van der Waals surface area (Å²) in [6.07, 6.45) is 0. The first-order valence-corrected chi connectivity index (χ1v) is 4.55. The molecule has 0 bridgehead atoms. The van der Waals surface area contributed by atoms with Gasteiger partial charge in [0.05, 0.1) is 4.92 Å². The standard InChI is InChI=1S/C6H4ClNO3S/c7-12-4-1-2-5(8(10)11)6(9)3-4/h1-3,9H. The lowest BCUT2D eigenvalue weighted by Gasteiger charge is -1.96. The van der Waals surface area contributed by atoms with Crippen LogP contribution in [0.1, 0.15) is 0 Å². The minimum absolute atomic E-state index is 0.315. The topological polar surface area (TPSA) is 63.4 Å². The van der Waals surface area contributed by atoms with Crippen LogP contribution >= 0.6 is 21.7 Å². The summed E-state index contributed by atoms with van der Waals surface area (Å²) in [6.45, 7) is 0. The normalized spacial score (nSPS) is 9.75. The Balaban J connectivity index is 3.12. The minimum Gasteiger partial charge on any atom is -0.502 e. The molecule has 64 valence electrons. The van der Waals surface area contributed by atoms with Crippen LogP contribution in [0.3, 0.4) is 0 Å². The van der Waals surface area contributed by atoms with Gasteiger partial charge in [0.1, 0.15) is 0 Å². The average molecular weight is 206 g/mol. The van der Waals surface area contributed by atoms with Crippen molar-refractivity contribution in [2.24, 2.45) is 0 Å². The molecule has 0 unspecified atom stereocenters. The lowest BCUT2D eigenvalue weighted by molar-refractivity contribution is -0.385. The maximum absolute atomic E-state index is 10.2. The molecule has 6 heteroatoms. The van der Waals surface area contributed by atoms with Crippen LogP contribution < -0.4 is 0 Å². The summed E-state index contributed by atoms with van der Waals surface area (Å²) in [5, 5.41) is 19.3. The number of hydrogen-bond donors (Lipinski definition) is 1. The van der Waals surface area contributed by atoms with Gasteiger partial charge in [0.15, 0.2) is 5.75 Å². The smallest absolute Gasteiger partial charge is 0.310 e. The Hall–Kier alpha value is -0.940. The van der Waals surface area contributed by atoms with Crippen molar-refractivity contribution in [1.29, 1.82) is 0 Å². The molecule has 0 aliphatic carbocycles. The van der Waals surface area contributed by atoms with E-state index in [1.165, 1.54) is 18.2 Å². The first-order valence-electron chi connectivity index (χ1n) is 2.91. The second-order valence-corrected chi connectivity index (χ2v) is 3.07. The first kappa shape index (κ1) is 9.15. The molecule has 1 rings (SSSR count). The molecule has 0 aliphatic heterocycles. The molecule has 0 aromatic heterocycles. The summed E-state index contributed by atoms with van der Waals surface area (Å²) in [6, 6.07) is 3.92. The molecule has 0 heterocycles. The third-order valence-electron chi connectivity index (χ3n) is 1.23. The summed E-state index contributed by atoms with van der Waals surface area (Å²) < 4.78 is 0. The fourth-order valence-corrected chi connectivity index (χ4v) is 1.27. The largest absolute Gasteiger partial charge is 0.502 e. The van der Waals surface area contributed by atoms with Crippen LogP contribution in [0.2, 0.25) is 0 Å². The van der Waals surface area contributed by atoms with E-state index in [9.17, 15) is 10.1 Å². The minimum atomic E-state index is -0.655. The zero-order valence-electron chi connectivity index (χ0n) is 5.73. The van der Waals surface area contributed by atoms with E-state index in [4.69, 9.17) is 15.8 Å². The van der Waals surface area contributed by atoms with Crippen molar-refractivity contribution in [1.82, 2.24) is 0 Å². The van der Waals surface area contributed by atoms with Crippen LogP contribution in [-0.2, 0) is 0 Å². The van der Waals surface area contributed by atoms with Gasteiger partial charge < -0.3 is 5.11 Å². The van der Waals surface area contributed by atoms with Crippen LogP contribution in [-0.4, -0.2) is 10.0 Å². The zero-order valence-corrected chi connectivity index (χ0v) is 7.30. The van der Waals surface area contributed by atoms with Gasteiger partial charge in [-0.2, -0.15) is 0 Å². The van der Waals surface area contributed by atoms with Gasteiger partial charge in [-0.3, -0.25) is 10.1 Å². The number of rotatable bonds is 2. The van der Waals surface area contributed by atoms with E-state index < -0.39 is 4.92 Å². The first-order chi connectivity index (χ1) is 5.65. The molecule has 0 amide bonds. The number of hydrogen-bond acceptors (Lipinski definition) is 4. The Labute approximate surface area is 76.8 Å². The van der Waals surface area contributed by atoms with Gasteiger partial charge in [-0.25, -0.2) is 0 Å². The molecule has 0 fully saturated rings. The fraction of sp³-hybridized carbons (Fsp3) is 0. The zero-order chi connectivity index (χ0) is 9.14. The molecule has 0 spiro atoms. The highest BCUT2D eigenvalue weighted by atomic mass is 35.7. The van der Waals surface area contributed by atoms with E-state index in [0.717, 1.165) is 11.0 Å². The predicted octanol–water partition coefficient (Wildman–Crippen LogP) is 2.55. The van der Waals surface area contributed by atoms with Crippen LogP contribution in [0, 0.1) is 10.1 Å². The Bertz CT molecular complexity index is 318. The summed E-state index contributed by atoms with van der Waals surface area (Å²) in [4.78, 5) is 10.1. The van der Waals surface area contributed by atoms with Crippen LogP contribution in [0.4, 0.5) is 5.69 Å². The molecule has 0 saturated heterocycles. The second-order valence-electron chi connectivity index (χ2n) is 1.98. The highest BCUT2D eigenvalue weighted by Crippen LogP contribution is 2.31.